The predicted octanol–water partition coefficient (Wildman–Crippen LogP) is 4.20. The zero-order valence-corrected chi connectivity index (χ0v) is 14.3. The molecule has 118 valence electrons. The number of hydrogen-bond donors (Lipinski definition) is 1. The van der Waals surface area contributed by atoms with Gasteiger partial charge >= 0.3 is 0 Å². The number of nitrogens with one attached hydrogen (secondary N) is 1. The molecule has 0 radical (unpaired) electrons. The van der Waals surface area contributed by atoms with E-state index >= 15 is 0 Å². The van der Waals surface area contributed by atoms with E-state index in [4.69, 9.17) is 0 Å². The third kappa shape index (κ3) is 3.57. The third-order valence-electron chi connectivity index (χ3n) is 5.98. The van der Waals surface area contributed by atoms with E-state index in [0.717, 1.165) is 18.0 Å². The second kappa shape index (κ2) is 7.26. The summed E-state index contributed by atoms with van der Waals surface area (Å²) < 4.78 is 0. The Morgan fingerprint density at radius 3 is 2.45 bits per heavy atom. The fraction of sp³-hybridized carbons (Fsp3) is 1.00. The second-order valence-electron chi connectivity index (χ2n) is 7.48. The summed E-state index contributed by atoms with van der Waals surface area (Å²) in [6.07, 6.45) is 11.1. The smallest absolute Gasteiger partial charge is 0.0309 e. The normalized spacial score (nSPS) is 30.3. The summed E-state index contributed by atoms with van der Waals surface area (Å²) in [5.41, 5.74) is 0.449. The molecular weight excluding hydrogens is 244 g/mol. The van der Waals surface area contributed by atoms with Gasteiger partial charge in [-0.3, -0.25) is 4.90 Å². The third-order valence-corrected chi connectivity index (χ3v) is 5.98. The minimum Gasteiger partial charge on any atom is -0.308 e. The molecule has 2 nitrogen and oxygen atoms in total. The molecule has 3 unspecified atom stereocenters. The Labute approximate surface area is 126 Å². The minimum absolute atomic E-state index is 0.449. The predicted molar refractivity (Wildman–Crippen MR) is 88.1 cm³/mol. The quantitative estimate of drug-likeness (QED) is 0.812. The molecule has 0 bridgehead atoms. The molecule has 0 amide bonds. The molecule has 2 heteroatoms. The van der Waals surface area contributed by atoms with Crippen molar-refractivity contribution in [2.75, 3.05) is 13.1 Å². The van der Waals surface area contributed by atoms with Crippen molar-refractivity contribution < 1.29 is 0 Å². The summed E-state index contributed by atoms with van der Waals surface area (Å²) in [7, 11) is 0. The van der Waals surface area contributed by atoms with E-state index in [9.17, 15) is 0 Å². The molecule has 1 aliphatic heterocycles. The Morgan fingerprint density at radius 1 is 1.15 bits per heavy atom. The van der Waals surface area contributed by atoms with Gasteiger partial charge in [0, 0.05) is 30.7 Å². The van der Waals surface area contributed by atoms with Crippen LogP contribution in [0.1, 0.15) is 79.1 Å². The Kier molecular flexibility index (Phi) is 5.92. The highest BCUT2D eigenvalue weighted by Crippen LogP contribution is 2.34. The average molecular weight is 280 g/mol. The first kappa shape index (κ1) is 16.3. The van der Waals surface area contributed by atoms with Crippen LogP contribution in [0.25, 0.3) is 0 Å². The molecular formula is C18H36N2. The molecule has 2 fully saturated rings. The van der Waals surface area contributed by atoms with Crippen molar-refractivity contribution >= 4 is 0 Å². The molecule has 1 aliphatic carbocycles. The standard InChI is InChI=1S/C18H36N2/c1-5-10-16(4)20-14-18(11-8-7-9-12-18)19-13-17(20)15(3)6-2/h15-17,19H,5-14H2,1-4H3. The summed E-state index contributed by atoms with van der Waals surface area (Å²) >= 11 is 0. The van der Waals surface area contributed by atoms with E-state index in [-0.39, 0.29) is 0 Å². The topological polar surface area (TPSA) is 15.3 Å². The first-order chi connectivity index (χ1) is 9.62. The van der Waals surface area contributed by atoms with Crippen molar-refractivity contribution in [2.24, 2.45) is 5.92 Å². The van der Waals surface area contributed by atoms with Crippen LogP contribution in [0.3, 0.4) is 0 Å². The van der Waals surface area contributed by atoms with Gasteiger partial charge in [-0.2, -0.15) is 0 Å². The maximum absolute atomic E-state index is 3.99. The zero-order valence-electron chi connectivity index (χ0n) is 14.3. The van der Waals surface area contributed by atoms with Gasteiger partial charge in [0.2, 0.25) is 0 Å². The lowest BCUT2D eigenvalue weighted by Gasteiger charge is -2.53. The Bertz CT molecular complexity index is 283. The van der Waals surface area contributed by atoms with Crippen molar-refractivity contribution in [1.82, 2.24) is 10.2 Å². The lowest BCUT2D eigenvalue weighted by Crippen LogP contribution is -2.67. The lowest BCUT2D eigenvalue weighted by atomic mass is 9.77. The van der Waals surface area contributed by atoms with Crippen LogP contribution >= 0.6 is 0 Å². The highest BCUT2D eigenvalue weighted by atomic mass is 15.3. The van der Waals surface area contributed by atoms with Crippen molar-refractivity contribution in [2.45, 2.75) is 96.7 Å². The maximum atomic E-state index is 3.99. The molecule has 2 rings (SSSR count). The Morgan fingerprint density at radius 2 is 1.85 bits per heavy atom. The van der Waals surface area contributed by atoms with Gasteiger partial charge in [-0.05, 0) is 32.1 Å². The van der Waals surface area contributed by atoms with E-state index in [1.54, 1.807) is 0 Å². The highest BCUT2D eigenvalue weighted by molar-refractivity contribution is 5.01. The van der Waals surface area contributed by atoms with Gasteiger partial charge in [-0.1, -0.05) is 52.9 Å². The molecule has 20 heavy (non-hydrogen) atoms. The first-order valence-electron chi connectivity index (χ1n) is 9.12. The van der Waals surface area contributed by atoms with Crippen molar-refractivity contribution in [3.63, 3.8) is 0 Å². The van der Waals surface area contributed by atoms with Crippen molar-refractivity contribution in [1.29, 1.82) is 0 Å². The van der Waals surface area contributed by atoms with Crippen LogP contribution in [0.15, 0.2) is 0 Å². The van der Waals surface area contributed by atoms with Gasteiger partial charge in [-0.15, -0.1) is 0 Å². The van der Waals surface area contributed by atoms with E-state index in [0.29, 0.717) is 5.54 Å². The number of nitrogens with zero attached hydrogens (tertiary/aromatic N) is 1. The monoisotopic (exact) mass is 280 g/mol. The summed E-state index contributed by atoms with van der Waals surface area (Å²) in [5, 5.41) is 3.99. The van der Waals surface area contributed by atoms with E-state index in [2.05, 4.69) is 37.9 Å². The molecule has 1 heterocycles. The van der Waals surface area contributed by atoms with Crippen LogP contribution in [-0.2, 0) is 0 Å². The zero-order chi connectivity index (χ0) is 14.6. The van der Waals surface area contributed by atoms with Crippen LogP contribution in [-0.4, -0.2) is 35.6 Å². The van der Waals surface area contributed by atoms with Crippen LogP contribution in [0, 0.1) is 5.92 Å². The minimum atomic E-state index is 0.449. The number of hydrogen-bond acceptors (Lipinski definition) is 2. The van der Waals surface area contributed by atoms with Crippen LogP contribution in [0.5, 0.6) is 0 Å². The van der Waals surface area contributed by atoms with Crippen molar-refractivity contribution in [3.8, 4) is 0 Å². The van der Waals surface area contributed by atoms with Crippen LogP contribution in [0.2, 0.25) is 0 Å². The molecule has 3 atom stereocenters. The lowest BCUT2D eigenvalue weighted by molar-refractivity contribution is 0.00473. The Balaban J connectivity index is 2.09. The second-order valence-corrected chi connectivity index (χ2v) is 7.48. The molecule has 0 aromatic carbocycles. The van der Waals surface area contributed by atoms with Crippen LogP contribution < -0.4 is 5.32 Å². The number of rotatable bonds is 5. The summed E-state index contributed by atoms with van der Waals surface area (Å²) in [4.78, 5) is 2.87. The highest BCUT2D eigenvalue weighted by Gasteiger charge is 2.42. The molecule has 0 aromatic rings. The molecule has 2 aliphatic rings. The van der Waals surface area contributed by atoms with E-state index < -0.39 is 0 Å². The Hall–Kier alpha value is -0.0800. The van der Waals surface area contributed by atoms with Gasteiger partial charge in [0.15, 0.2) is 0 Å². The van der Waals surface area contributed by atoms with E-state index in [1.165, 1.54) is 64.5 Å². The molecule has 0 aromatic heterocycles. The van der Waals surface area contributed by atoms with Crippen molar-refractivity contribution in [3.05, 3.63) is 0 Å². The summed E-state index contributed by atoms with van der Waals surface area (Å²) in [5.74, 6) is 0.808. The van der Waals surface area contributed by atoms with Gasteiger partial charge in [-0.25, -0.2) is 0 Å². The SMILES string of the molecule is CCCC(C)N1CC2(CCCCC2)NCC1C(C)CC. The molecule has 1 saturated carbocycles. The fourth-order valence-electron chi connectivity index (χ4n) is 4.39. The molecule has 1 saturated heterocycles. The van der Waals surface area contributed by atoms with Crippen LogP contribution in [0.4, 0.5) is 0 Å². The average Bonchev–Trinajstić information content (AvgIpc) is 2.47. The fourth-order valence-corrected chi connectivity index (χ4v) is 4.39. The number of piperazine rings is 1. The summed E-state index contributed by atoms with van der Waals surface area (Å²) in [6, 6.07) is 1.49. The molecule has 1 N–H and O–H groups in total. The summed E-state index contributed by atoms with van der Waals surface area (Å²) in [6.45, 7) is 12.1. The van der Waals surface area contributed by atoms with E-state index in [1.807, 2.05) is 0 Å². The largest absolute Gasteiger partial charge is 0.308 e. The molecule has 1 spiro atoms. The van der Waals surface area contributed by atoms with Gasteiger partial charge in [0.1, 0.15) is 0 Å². The van der Waals surface area contributed by atoms with Gasteiger partial charge in [0.25, 0.3) is 0 Å². The first-order valence-corrected chi connectivity index (χ1v) is 9.12. The van der Waals surface area contributed by atoms with Gasteiger partial charge in [0.05, 0.1) is 0 Å². The van der Waals surface area contributed by atoms with Gasteiger partial charge < -0.3 is 5.32 Å². The maximum Gasteiger partial charge on any atom is 0.0309 e.